The number of fused-ring (bicyclic) bond motifs is 1. The van der Waals surface area contributed by atoms with Crippen molar-refractivity contribution >= 4 is 28.8 Å². The van der Waals surface area contributed by atoms with Crippen LogP contribution in [0.5, 0.6) is 0 Å². The normalized spacial score (nSPS) is 16.4. The Bertz CT molecular complexity index is 653. The van der Waals surface area contributed by atoms with Gasteiger partial charge in [-0.3, -0.25) is 4.79 Å². The highest BCUT2D eigenvalue weighted by Crippen LogP contribution is 2.23. The molecule has 0 saturated carbocycles. The molecule has 1 aliphatic rings. The molecule has 1 aliphatic heterocycles. The number of amides is 1. The summed E-state index contributed by atoms with van der Waals surface area (Å²) in [6.45, 7) is 4.60. The molecule has 0 spiro atoms. The molecule has 1 amide bonds. The van der Waals surface area contributed by atoms with Gasteiger partial charge in [0, 0.05) is 26.7 Å². The summed E-state index contributed by atoms with van der Waals surface area (Å²) >= 11 is 0. The molecule has 8 nitrogen and oxygen atoms in total. The van der Waals surface area contributed by atoms with E-state index in [0.717, 1.165) is 37.4 Å². The molecule has 1 fully saturated rings. The van der Waals surface area contributed by atoms with E-state index < -0.39 is 0 Å². The maximum atomic E-state index is 12.1. The van der Waals surface area contributed by atoms with Gasteiger partial charge < -0.3 is 20.1 Å². The third-order valence-electron chi connectivity index (χ3n) is 3.57. The van der Waals surface area contributed by atoms with Crippen LogP contribution in [0.3, 0.4) is 0 Å². The molecule has 21 heavy (non-hydrogen) atoms. The molecule has 0 radical (unpaired) electrons. The SMILES string of the molecule is CCNc1nc(N2CCCN(C)C(=O)C2)c2[nH]cnc2n1. The number of aromatic nitrogens is 4. The Balaban J connectivity index is 2.01. The van der Waals surface area contributed by atoms with Crippen molar-refractivity contribution in [2.75, 3.05) is 43.4 Å². The van der Waals surface area contributed by atoms with Crippen LogP contribution in [0.4, 0.5) is 11.8 Å². The zero-order valence-electron chi connectivity index (χ0n) is 12.3. The van der Waals surface area contributed by atoms with Crippen LogP contribution in [-0.2, 0) is 4.79 Å². The standard InChI is InChI=1S/C13H19N7O/c1-3-14-13-17-11-10(15-8-16-11)12(18-13)20-6-4-5-19(2)9(21)7-20/h8H,3-7H2,1-2H3,(H2,14,15,16,17,18). The molecule has 0 aliphatic carbocycles. The highest BCUT2D eigenvalue weighted by molar-refractivity contribution is 5.88. The fourth-order valence-electron chi connectivity index (χ4n) is 2.45. The van der Waals surface area contributed by atoms with Gasteiger partial charge in [-0.25, -0.2) is 4.98 Å². The predicted molar refractivity (Wildman–Crippen MR) is 80.3 cm³/mol. The van der Waals surface area contributed by atoms with Gasteiger partial charge in [-0.05, 0) is 13.3 Å². The van der Waals surface area contributed by atoms with Gasteiger partial charge in [0.05, 0.1) is 12.9 Å². The van der Waals surface area contributed by atoms with E-state index in [9.17, 15) is 4.79 Å². The number of likely N-dealkylation sites (N-methyl/N-ethyl adjacent to an activating group) is 1. The predicted octanol–water partition coefficient (Wildman–Crippen LogP) is 0.453. The summed E-state index contributed by atoms with van der Waals surface area (Å²) in [5.41, 5.74) is 1.38. The van der Waals surface area contributed by atoms with E-state index in [2.05, 4.69) is 25.3 Å². The fraction of sp³-hybridized carbons (Fsp3) is 0.538. The molecule has 0 atom stereocenters. The number of rotatable bonds is 3. The van der Waals surface area contributed by atoms with E-state index >= 15 is 0 Å². The van der Waals surface area contributed by atoms with Crippen LogP contribution in [0.2, 0.25) is 0 Å². The van der Waals surface area contributed by atoms with Crippen LogP contribution in [0, 0.1) is 0 Å². The Hall–Kier alpha value is -2.38. The molecule has 8 heteroatoms. The number of H-pyrrole nitrogens is 1. The molecule has 1 saturated heterocycles. The molecular formula is C13H19N7O. The Morgan fingerprint density at radius 2 is 2.24 bits per heavy atom. The number of aromatic amines is 1. The van der Waals surface area contributed by atoms with E-state index in [1.54, 1.807) is 11.2 Å². The van der Waals surface area contributed by atoms with Gasteiger partial charge in [0.2, 0.25) is 11.9 Å². The van der Waals surface area contributed by atoms with E-state index in [1.807, 2.05) is 18.9 Å². The summed E-state index contributed by atoms with van der Waals surface area (Å²) in [6.07, 6.45) is 2.52. The monoisotopic (exact) mass is 289 g/mol. The van der Waals surface area contributed by atoms with Crippen LogP contribution in [-0.4, -0.2) is 64.0 Å². The highest BCUT2D eigenvalue weighted by Gasteiger charge is 2.23. The van der Waals surface area contributed by atoms with Gasteiger partial charge in [0.1, 0.15) is 5.52 Å². The third-order valence-corrected chi connectivity index (χ3v) is 3.57. The van der Waals surface area contributed by atoms with Crippen LogP contribution in [0.1, 0.15) is 13.3 Å². The number of hydrogen-bond donors (Lipinski definition) is 2. The van der Waals surface area contributed by atoms with Crippen molar-refractivity contribution in [1.82, 2.24) is 24.8 Å². The molecule has 2 N–H and O–H groups in total. The quantitative estimate of drug-likeness (QED) is 0.853. The number of carbonyl (C=O) groups excluding carboxylic acids is 1. The van der Waals surface area contributed by atoms with Gasteiger partial charge in [0.25, 0.3) is 0 Å². The number of carbonyl (C=O) groups is 1. The Morgan fingerprint density at radius 3 is 3.05 bits per heavy atom. The van der Waals surface area contributed by atoms with Gasteiger partial charge in [-0.2, -0.15) is 9.97 Å². The first-order valence-corrected chi connectivity index (χ1v) is 7.13. The van der Waals surface area contributed by atoms with Crippen molar-refractivity contribution in [2.24, 2.45) is 0 Å². The van der Waals surface area contributed by atoms with Crippen LogP contribution >= 0.6 is 0 Å². The van der Waals surface area contributed by atoms with Crippen molar-refractivity contribution < 1.29 is 4.79 Å². The number of anilines is 2. The second-order valence-corrected chi connectivity index (χ2v) is 5.09. The molecule has 3 heterocycles. The number of nitrogens with zero attached hydrogens (tertiary/aromatic N) is 5. The lowest BCUT2D eigenvalue weighted by molar-refractivity contribution is -0.127. The number of nitrogens with one attached hydrogen (secondary N) is 2. The average Bonchev–Trinajstić information content (AvgIpc) is 2.87. The van der Waals surface area contributed by atoms with Gasteiger partial charge in [-0.1, -0.05) is 0 Å². The summed E-state index contributed by atoms with van der Waals surface area (Å²) in [4.78, 5) is 32.0. The molecule has 0 bridgehead atoms. The van der Waals surface area contributed by atoms with Crippen molar-refractivity contribution in [1.29, 1.82) is 0 Å². The Kier molecular flexibility index (Phi) is 3.59. The minimum atomic E-state index is 0.101. The summed E-state index contributed by atoms with van der Waals surface area (Å²) in [7, 11) is 1.83. The van der Waals surface area contributed by atoms with Crippen LogP contribution < -0.4 is 10.2 Å². The van der Waals surface area contributed by atoms with Crippen molar-refractivity contribution in [3.63, 3.8) is 0 Å². The Morgan fingerprint density at radius 1 is 1.38 bits per heavy atom. The molecule has 2 aromatic heterocycles. The molecule has 2 aromatic rings. The summed E-state index contributed by atoms with van der Waals surface area (Å²) in [5.74, 6) is 1.37. The highest BCUT2D eigenvalue weighted by atomic mass is 16.2. The third kappa shape index (κ3) is 2.61. The molecule has 3 rings (SSSR count). The summed E-state index contributed by atoms with van der Waals surface area (Å²) < 4.78 is 0. The first kappa shape index (κ1) is 13.6. The lowest BCUT2D eigenvalue weighted by Gasteiger charge is -2.21. The van der Waals surface area contributed by atoms with Crippen molar-refractivity contribution in [3.8, 4) is 0 Å². The molecule has 0 unspecified atom stereocenters. The minimum absolute atomic E-state index is 0.101. The lowest BCUT2D eigenvalue weighted by Crippen LogP contribution is -2.35. The Labute approximate surface area is 122 Å². The average molecular weight is 289 g/mol. The first-order chi connectivity index (χ1) is 10.2. The van der Waals surface area contributed by atoms with Gasteiger partial charge >= 0.3 is 0 Å². The second kappa shape index (κ2) is 5.55. The van der Waals surface area contributed by atoms with Crippen LogP contribution in [0.15, 0.2) is 6.33 Å². The number of imidazole rings is 1. The zero-order valence-corrected chi connectivity index (χ0v) is 12.3. The molecule has 112 valence electrons. The molecular weight excluding hydrogens is 270 g/mol. The van der Waals surface area contributed by atoms with Gasteiger partial charge in [0.15, 0.2) is 11.5 Å². The van der Waals surface area contributed by atoms with E-state index in [-0.39, 0.29) is 5.91 Å². The summed E-state index contributed by atoms with van der Waals surface area (Å²) in [6, 6.07) is 0. The summed E-state index contributed by atoms with van der Waals surface area (Å²) in [5, 5.41) is 3.11. The number of hydrogen-bond acceptors (Lipinski definition) is 6. The smallest absolute Gasteiger partial charge is 0.241 e. The zero-order chi connectivity index (χ0) is 14.8. The van der Waals surface area contributed by atoms with E-state index in [4.69, 9.17) is 0 Å². The maximum absolute atomic E-state index is 12.1. The largest absolute Gasteiger partial charge is 0.354 e. The minimum Gasteiger partial charge on any atom is -0.354 e. The van der Waals surface area contributed by atoms with Crippen molar-refractivity contribution in [3.05, 3.63) is 6.33 Å². The molecule has 0 aromatic carbocycles. The topological polar surface area (TPSA) is 90.0 Å². The van der Waals surface area contributed by atoms with Crippen molar-refractivity contribution in [2.45, 2.75) is 13.3 Å². The second-order valence-electron chi connectivity index (χ2n) is 5.09. The van der Waals surface area contributed by atoms with E-state index in [0.29, 0.717) is 18.1 Å². The fourth-order valence-corrected chi connectivity index (χ4v) is 2.45. The first-order valence-electron chi connectivity index (χ1n) is 7.13. The van der Waals surface area contributed by atoms with E-state index in [1.165, 1.54) is 0 Å². The van der Waals surface area contributed by atoms with Gasteiger partial charge in [-0.15, -0.1) is 0 Å². The lowest BCUT2D eigenvalue weighted by atomic mass is 10.3. The maximum Gasteiger partial charge on any atom is 0.241 e. The van der Waals surface area contributed by atoms with Crippen LogP contribution in [0.25, 0.3) is 11.2 Å².